The molecule has 2 nitrogen and oxygen atoms in total. The average Bonchev–Trinajstić information content (AvgIpc) is 3.12. The molecule has 3 rings (SSSR count). The Kier molecular flexibility index (Phi) is 3.95. The Morgan fingerprint density at radius 2 is 2.11 bits per heavy atom. The fourth-order valence-electron chi connectivity index (χ4n) is 2.33. The van der Waals surface area contributed by atoms with E-state index in [4.69, 9.17) is 4.98 Å². The number of rotatable bonds is 6. The number of nitrogens with zero attached hydrogens (tertiary/aromatic N) is 1. The smallest absolute Gasteiger partial charge is 0.107 e. The zero-order valence-electron chi connectivity index (χ0n) is 11.3. The number of hydrogen-bond donors (Lipinski definition) is 1. The highest BCUT2D eigenvalue weighted by Gasteiger charge is 2.23. The Morgan fingerprint density at radius 1 is 1.32 bits per heavy atom. The Morgan fingerprint density at radius 3 is 2.84 bits per heavy atom. The van der Waals surface area contributed by atoms with Gasteiger partial charge in [0.05, 0.1) is 5.69 Å². The Labute approximate surface area is 118 Å². The SMILES string of the molecule is CC(CC1CC1)NCc1nc(-c2ccccc2)cs1. The maximum Gasteiger partial charge on any atom is 0.107 e. The van der Waals surface area contributed by atoms with Gasteiger partial charge in [-0.3, -0.25) is 0 Å². The summed E-state index contributed by atoms with van der Waals surface area (Å²) in [5.74, 6) is 0.985. The fourth-order valence-corrected chi connectivity index (χ4v) is 3.09. The molecule has 1 heterocycles. The highest BCUT2D eigenvalue weighted by atomic mass is 32.1. The zero-order chi connectivity index (χ0) is 13.1. The zero-order valence-corrected chi connectivity index (χ0v) is 12.1. The van der Waals surface area contributed by atoms with Crippen molar-refractivity contribution in [2.75, 3.05) is 0 Å². The molecule has 1 saturated carbocycles. The standard InChI is InChI=1S/C16H20N2S/c1-12(9-13-7-8-13)17-10-16-18-15(11-19-16)14-5-3-2-4-6-14/h2-6,11-13,17H,7-10H2,1H3. The van der Waals surface area contributed by atoms with Crippen LogP contribution in [-0.4, -0.2) is 11.0 Å². The van der Waals surface area contributed by atoms with Gasteiger partial charge in [0.15, 0.2) is 0 Å². The number of nitrogens with one attached hydrogen (secondary N) is 1. The third-order valence-corrected chi connectivity index (χ3v) is 4.46. The van der Waals surface area contributed by atoms with Gasteiger partial charge >= 0.3 is 0 Å². The second kappa shape index (κ2) is 5.85. The van der Waals surface area contributed by atoms with Crippen molar-refractivity contribution in [2.45, 2.75) is 38.8 Å². The van der Waals surface area contributed by atoms with Crippen molar-refractivity contribution in [2.24, 2.45) is 5.92 Å². The van der Waals surface area contributed by atoms with Gasteiger partial charge in [0.25, 0.3) is 0 Å². The molecular weight excluding hydrogens is 252 g/mol. The quantitative estimate of drug-likeness (QED) is 0.856. The van der Waals surface area contributed by atoms with Crippen LogP contribution in [0.2, 0.25) is 0 Å². The monoisotopic (exact) mass is 272 g/mol. The molecule has 1 fully saturated rings. The molecule has 1 unspecified atom stereocenters. The normalized spacial score (nSPS) is 16.5. The summed E-state index contributed by atoms with van der Waals surface area (Å²) in [6.07, 6.45) is 4.18. The number of thiazole rings is 1. The summed E-state index contributed by atoms with van der Waals surface area (Å²) in [5.41, 5.74) is 2.30. The first kappa shape index (κ1) is 12.8. The third-order valence-electron chi connectivity index (χ3n) is 3.61. The van der Waals surface area contributed by atoms with Crippen LogP contribution in [0.25, 0.3) is 11.3 Å². The molecule has 100 valence electrons. The van der Waals surface area contributed by atoms with Gasteiger partial charge in [0.1, 0.15) is 5.01 Å². The largest absolute Gasteiger partial charge is 0.308 e. The topological polar surface area (TPSA) is 24.9 Å². The number of benzene rings is 1. The minimum Gasteiger partial charge on any atom is -0.308 e. The summed E-state index contributed by atoms with van der Waals surface area (Å²) in [6.45, 7) is 3.18. The van der Waals surface area contributed by atoms with Crippen molar-refractivity contribution < 1.29 is 0 Å². The molecule has 0 bridgehead atoms. The van der Waals surface area contributed by atoms with Crippen LogP contribution in [0.4, 0.5) is 0 Å². The van der Waals surface area contributed by atoms with Crippen LogP contribution >= 0.6 is 11.3 Å². The van der Waals surface area contributed by atoms with E-state index in [2.05, 4.69) is 41.9 Å². The van der Waals surface area contributed by atoms with E-state index in [1.165, 1.54) is 29.8 Å². The minimum atomic E-state index is 0.608. The third kappa shape index (κ3) is 3.64. The first-order valence-corrected chi connectivity index (χ1v) is 7.92. The first-order valence-electron chi connectivity index (χ1n) is 7.04. The summed E-state index contributed by atoms with van der Waals surface area (Å²) in [7, 11) is 0. The van der Waals surface area contributed by atoms with Crippen molar-refractivity contribution in [1.82, 2.24) is 10.3 Å². The molecule has 1 aromatic carbocycles. The lowest BCUT2D eigenvalue weighted by atomic mass is 10.1. The molecule has 1 aromatic heterocycles. The predicted octanol–water partition coefficient (Wildman–Crippen LogP) is 4.09. The van der Waals surface area contributed by atoms with Gasteiger partial charge in [0, 0.05) is 23.5 Å². The minimum absolute atomic E-state index is 0.608. The maximum absolute atomic E-state index is 4.70. The van der Waals surface area contributed by atoms with E-state index < -0.39 is 0 Å². The molecule has 19 heavy (non-hydrogen) atoms. The van der Waals surface area contributed by atoms with Crippen LogP contribution in [0.3, 0.4) is 0 Å². The first-order chi connectivity index (χ1) is 9.31. The molecule has 3 heteroatoms. The van der Waals surface area contributed by atoms with Crippen LogP contribution in [0.15, 0.2) is 35.7 Å². The molecule has 1 aliphatic rings. The Hall–Kier alpha value is -1.19. The molecule has 0 radical (unpaired) electrons. The van der Waals surface area contributed by atoms with E-state index in [1.807, 2.05) is 6.07 Å². The molecule has 0 spiro atoms. The van der Waals surface area contributed by atoms with Gasteiger partial charge in [-0.25, -0.2) is 4.98 Å². The highest BCUT2D eigenvalue weighted by Crippen LogP contribution is 2.33. The van der Waals surface area contributed by atoms with Crippen molar-refractivity contribution in [3.8, 4) is 11.3 Å². The van der Waals surface area contributed by atoms with E-state index in [0.29, 0.717) is 6.04 Å². The van der Waals surface area contributed by atoms with Crippen molar-refractivity contribution in [1.29, 1.82) is 0 Å². The molecular formula is C16H20N2S. The molecule has 0 amide bonds. The summed E-state index contributed by atoms with van der Waals surface area (Å²) in [4.78, 5) is 4.70. The number of hydrogen-bond acceptors (Lipinski definition) is 3. The van der Waals surface area contributed by atoms with Crippen LogP contribution < -0.4 is 5.32 Å². The molecule has 0 saturated heterocycles. The lowest BCUT2D eigenvalue weighted by Gasteiger charge is -2.11. The lowest BCUT2D eigenvalue weighted by Crippen LogP contribution is -2.25. The van der Waals surface area contributed by atoms with Gasteiger partial charge in [0.2, 0.25) is 0 Å². The maximum atomic E-state index is 4.70. The van der Waals surface area contributed by atoms with Crippen molar-refractivity contribution in [3.63, 3.8) is 0 Å². The summed E-state index contributed by atoms with van der Waals surface area (Å²) < 4.78 is 0. The van der Waals surface area contributed by atoms with Gasteiger partial charge in [-0.05, 0) is 19.3 Å². The molecule has 1 aliphatic carbocycles. The second-order valence-corrected chi connectivity index (χ2v) is 6.40. The van der Waals surface area contributed by atoms with Crippen LogP contribution in [-0.2, 0) is 6.54 Å². The summed E-state index contributed by atoms with van der Waals surface area (Å²) in [6, 6.07) is 11.0. The average molecular weight is 272 g/mol. The molecule has 0 aliphatic heterocycles. The van der Waals surface area contributed by atoms with E-state index in [9.17, 15) is 0 Å². The predicted molar refractivity (Wildman–Crippen MR) is 81.2 cm³/mol. The van der Waals surface area contributed by atoms with Gasteiger partial charge in [-0.1, -0.05) is 43.2 Å². The van der Waals surface area contributed by atoms with Crippen molar-refractivity contribution >= 4 is 11.3 Å². The number of aromatic nitrogens is 1. The second-order valence-electron chi connectivity index (χ2n) is 5.45. The van der Waals surface area contributed by atoms with Crippen LogP contribution in [0, 0.1) is 5.92 Å². The van der Waals surface area contributed by atoms with Crippen LogP contribution in [0.1, 0.15) is 31.2 Å². The summed E-state index contributed by atoms with van der Waals surface area (Å²) >= 11 is 1.75. The Bertz CT molecular complexity index is 517. The molecule has 1 atom stereocenters. The van der Waals surface area contributed by atoms with Gasteiger partial charge < -0.3 is 5.32 Å². The van der Waals surface area contributed by atoms with E-state index in [1.54, 1.807) is 11.3 Å². The fraction of sp³-hybridized carbons (Fsp3) is 0.438. The molecule has 2 aromatic rings. The molecule has 1 N–H and O–H groups in total. The Balaban J connectivity index is 1.55. The van der Waals surface area contributed by atoms with Crippen molar-refractivity contribution in [3.05, 3.63) is 40.7 Å². The van der Waals surface area contributed by atoms with E-state index in [-0.39, 0.29) is 0 Å². The van der Waals surface area contributed by atoms with Gasteiger partial charge in [-0.15, -0.1) is 11.3 Å². The van der Waals surface area contributed by atoms with Gasteiger partial charge in [-0.2, -0.15) is 0 Å². The van der Waals surface area contributed by atoms with E-state index in [0.717, 1.165) is 18.2 Å². The summed E-state index contributed by atoms with van der Waals surface area (Å²) in [5, 5.41) is 6.92. The lowest BCUT2D eigenvalue weighted by molar-refractivity contribution is 0.487. The van der Waals surface area contributed by atoms with E-state index >= 15 is 0 Å². The highest BCUT2D eigenvalue weighted by molar-refractivity contribution is 7.09. The van der Waals surface area contributed by atoms with Crippen LogP contribution in [0.5, 0.6) is 0 Å².